The molecule has 2 atom stereocenters. The van der Waals surface area contributed by atoms with Crippen LogP contribution in [0.2, 0.25) is 0 Å². The summed E-state index contributed by atoms with van der Waals surface area (Å²) in [4.78, 5) is 4.67. The first-order chi connectivity index (χ1) is 54.1. The molecule has 0 radical (unpaired) electrons. The Morgan fingerprint density at radius 2 is 0.535 bits per heavy atom. The zero-order valence-corrected chi connectivity index (χ0v) is 54.8. The minimum absolute atomic E-state index is 0.159. The van der Waals surface area contributed by atoms with E-state index >= 15 is 0 Å². The van der Waals surface area contributed by atoms with Gasteiger partial charge in [0.2, 0.25) is 0 Å². The zero-order chi connectivity index (χ0) is 75.7. The highest BCUT2D eigenvalue weighted by atomic mass is 15.2. The van der Waals surface area contributed by atoms with Crippen LogP contribution in [0.3, 0.4) is 0 Å². The highest BCUT2D eigenvalue weighted by molar-refractivity contribution is 6.04. The van der Waals surface area contributed by atoms with E-state index in [4.69, 9.17) is 2.74 Å². The molecule has 16 aromatic rings. The van der Waals surface area contributed by atoms with E-state index in [9.17, 15) is 11.0 Å². The van der Waals surface area contributed by atoms with Crippen LogP contribution in [0.5, 0.6) is 0 Å². The quantitative estimate of drug-likeness (QED) is 0.120. The molecule has 20 rings (SSSR count). The van der Waals surface area contributed by atoms with Gasteiger partial charge in [0, 0.05) is 33.5 Å². The third-order valence-corrected chi connectivity index (χ3v) is 22.1. The maximum atomic E-state index is 9.93. The van der Waals surface area contributed by atoms with Gasteiger partial charge in [0.05, 0.1) is 41.3 Å². The number of rotatable bonds is 12. The summed E-state index contributed by atoms with van der Waals surface area (Å²) in [5.41, 5.74) is 20.2. The molecule has 0 fully saturated rings. The summed E-state index contributed by atoms with van der Waals surface area (Å²) >= 11 is 0. The topological polar surface area (TPSA) is 6.48 Å². The van der Waals surface area contributed by atoms with E-state index in [1.165, 1.54) is 0 Å². The molecule has 2 unspecified atom stereocenters. The number of nitrogens with zero attached hydrogens (tertiary/aromatic N) is 2. The van der Waals surface area contributed by atoms with Gasteiger partial charge in [-0.2, -0.15) is 0 Å². The number of hydrogen-bond donors (Lipinski definition) is 0. The van der Waals surface area contributed by atoms with Crippen molar-refractivity contribution in [1.82, 2.24) is 0 Å². The smallest absolute Gasteiger partial charge is 0.0727 e. The standard InChI is InChI=1S/C99H66N2/c1-3-65-45-49-71(50-46-65)97(69-29-7-5-8-30-69)87-39-19-15-35-79(87)83-57-53-73(61-91(83)97)100(95-43-23-27-67-25-11-13-33-77(67)95)75-55-59-85-81-37-17-21-41-89(81)99(93(85)63-75)90-42-22-18-38-82(90)86-60-56-76(64-94(86)99)101(96-44-24-28-68-26-12-14-34-78(68)96)74-54-58-84-80-36-16-20-40-88(80)98(92(84)62-74,70-31-9-6-10-32-70)72-51-47-66(4-2)48-52-72/h3-64H,1-2H2/i5D,6D,7D,8D,9D,10D,29D,30D,31D,32D. The summed E-state index contributed by atoms with van der Waals surface area (Å²) in [5.74, 6) is 0. The van der Waals surface area contributed by atoms with Crippen LogP contribution < -0.4 is 9.80 Å². The van der Waals surface area contributed by atoms with Crippen molar-refractivity contribution in [1.29, 1.82) is 0 Å². The van der Waals surface area contributed by atoms with E-state index in [0.29, 0.717) is 0 Å². The SMILES string of the molecule is [2H]c1c([2H])c([2H])c(C2(c3ccc(C=C)cc3)c3ccccc3-c3ccc(N(c4ccc5c(c4)C4(c6ccccc6-5)c5ccccc5-c5ccc(N(c6ccc7c(c6)C(c6ccc(C=C)cc6)(c6c([2H])c([2H])c([2H])c([2H])c6[2H])c6ccccc6-7)c6cccc7ccccc67)cc54)c4cccc5ccccc45)cc32)c([2H])c1[2H]. The lowest BCUT2D eigenvalue weighted by molar-refractivity contribution is 0.768. The molecule has 4 aliphatic rings. The molecule has 472 valence electrons. The summed E-state index contributed by atoms with van der Waals surface area (Å²) in [6.45, 7) is 8.17. The van der Waals surface area contributed by atoms with Crippen molar-refractivity contribution in [2.24, 2.45) is 0 Å². The largest absolute Gasteiger partial charge is 0.310 e. The van der Waals surface area contributed by atoms with E-state index in [-0.39, 0.29) is 35.3 Å². The molecule has 0 aromatic heterocycles. The Labute approximate surface area is 603 Å². The van der Waals surface area contributed by atoms with Gasteiger partial charge in [-0.05, 0) is 194 Å². The summed E-state index contributed by atoms with van der Waals surface area (Å²) in [5, 5.41) is 4.07. The molecule has 0 saturated heterocycles. The first-order valence-corrected chi connectivity index (χ1v) is 34.3. The lowest BCUT2D eigenvalue weighted by atomic mass is 9.67. The van der Waals surface area contributed by atoms with Crippen LogP contribution >= 0.6 is 0 Å². The van der Waals surface area contributed by atoms with E-state index in [1.54, 1.807) is 12.2 Å². The van der Waals surface area contributed by atoms with Gasteiger partial charge < -0.3 is 9.80 Å². The molecule has 0 bridgehead atoms. The van der Waals surface area contributed by atoms with Crippen LogP contribution in [-0.4, -0.2) is 0 Å². The van der Waals surface area contributed by atoms with Crippen LogP contribution in [0.25, 0.3) is 78.2 Å². The predicted molar refractivity (Wildman–Crippen MR) is 422 cm³/mol. The van der Waals surface area contributed by atoms with Gasteiger partial charge >= 0.3 is 0 Å². The normalized spacial score (nSPS) is 18.1. The first-order valence-electron chi connectivity index (χ1n) is 39.3. The minimum Gasteiger partial charge on any atom is -0.310 e. The van der Waals surface area contributed by atoms with Crippen LogP contribution in [0, 0.1) is 0 Å². The molecule has 0 heterocycles. The average molecular weight is 1290 g/mol. The molecule has 1 spiro atoms. The minimum atomic E-state index is -1.42. The molecule has 2 heteroatoms. The predicted octanol–water partition coefficient (Wildman–Crippen LogP) is 25.3. The molecule has 2 nitrogen and oxygen atoms in total. The highest BCUT2D eigenvalue weighted by Crippen LogP contribution is 2.66. The van der Waals surface area contributed by atoms with Crippen LogP contribution in [0.1, 0.15) is 91.6 Å². The van der Waals surface area contributed by atoms with Crippen LogP contribution in [-0.2, 0) is 16.2 Å². The van der Waals surface area contributed by atoms with Crippen molar-refractivity contribution >= 4 is 67.8 Å². The van der Waals surface area contributed by atoms with Gasteiger partial charge in [-0.15, -0.1) is 0 Å². The molecule has 0 aliphatic heterocycles. The Kier molecular flexibility index (Phi) is 10.9. The van der Waals surface area contributed by atoms with Crippen molar-refractivity contribution in [3.05, 3.63) is 455 Å². The van der Waals surface area contributed by atoms with E-state index in [2.05, 4.69) is 241 Å². The fourth-order valence-electron chi connectivity index (χ4n) is 17.9. The molecular formula is C99H66N2. The number of hydrogen-bond acceptors (Lipinski definition) is 2. The second-order valence-electron chi connectivity index (χ2n) is 26.7. The molecule has 0 amide bonds. The van der Waals surface area contributed by atoms with Crippen molar-refractivity contribution in [2.75, 3.05) is 9.80 Å². The molecule has 4 aliphatic carbocycles. The van der Waals surface area contributed by atoms with Crippen LogP contribution in [0.4, 0.5) is 34.1 Å². The van der Waals surface area contributed by atoms with E-state index < -0.39 is 52.5 Å². The van der Waals surface area contributed by atoms with Crippen molar-refractivity contribution in [3.63, 3.8) is 0 Å². The van der Waals surface area contributed by atoms with Gasteiger partial charge in [-0.1, -0.05) is 328 Å². The third-order valence-electron chi connectivity index (χ3n) is 22.1. The Morgan fingerprint density at radius 3 is 0.881 bits per heavy atom. The lowest BCUT2D eigenvalue weighted by Gasteiger charge is -2.36. The zero-order valence-electron chi connectivity index (χ0n) is 64.8. The fourth-order valence-corrected chi connectivity index (χ4v) is 17.9. The lowest BCUT2D eigenvalue weighted by Crippen LogP contribution is -2.29. The van der Waals surface area contributed by atoms with Gasteiger partial charge in [-0.3, -0.25) is 0 Å². The van der Waals surface area contributed by atoms with E-state index in [0.717, 1.165) is 167 Å². The fraction of sp³-hybridized carbons (Fsp3) is 0.0303. The second-order valence-corrected chi connectivity index (χ2v) is 26.7. The number of anilines is 6. The average Bonchev–Trinajstić information content (AvgIpc) is 1.52. The summed E-state index contributed by atoms with van der Waals surface area (Å²) in [6, 6.07) is 102. The first kappa shape index (κ1) is 48.8. The number of benzene rings is 16. The van der Waals surface area contributed by atoms with E-state index in [1.807, 2.05) is 84.9 Å². The third kappa shape index (κ3) is 8.22. The maximum Gasteiger partial charge on any atom is 0.0727 e. The van der Waals surface area contributed by atoms with Gasteiger partial charge in [0.25, 0.3) is 0 Å². The Bertz CT molecular complexity index is 6270. The van der Waals surface area contributed by atoms with Crippen molar-refractivity contribution in [2.45, 2.75) is 16.2 Å². The summed E-state index contributed by atoms with van der Waals surface area (Å²) < 4.78 is 94.7. The van der Waals surface area contributed by atoms with Gasteiger partial charge in [0.15, 0.2) is 0 Å². The van der Waals surface area contributed by atoms with Crippen molar-refractivity contribution in [3.8, 4) is 44.5 Å². The van der Waals surface area contributed by atoms with Gasteiger partial charge in [0.1, 0.15) is 0 Å². The maximum absolute atomic E-state index is 9.93. The van der Waals surface area contributed by atoms with Crippen molar-refractivity contribution < 1.29 is 13.7 Å². The Morgan fingerprint density at radius 1 is 0.248 bits per heavy atom. The molecule has 16 aromatic carbocycles. The molecule has 101 heavy (non-hydrogen) atoms. The Balaban J connectivity index is 0.843. The molecular weight excluding hydrogens is 1220 g/mol. The number of fused-ring (bicyclic) bond motifs is 18. The highest BCUT2D eigenvalue weighted by Gasteiger charge is 2.53. The summed E-state index contributed by atoms with van der Waals surface area (Å²) in [7, 11) is 0. The monoisotopic (exact) mass is 1290 g/mol. The summed E-state index contributed by atoms with van der Waals surface area (Å²) in [6.07, 6.45) is 3.56. The second kappa shape index (κ2) is 22.6. The van der Waals surface area contributed by atoms with Crippen LogP contribution in [0.15, 0.2) is 377 Å². The molecule has 0 saturated carbocycles. The van der Waals surface area contributed by atoms with Gasteiger partial charge in [-0.25, -0.2) is 0 Å². The Hall–Kier alpha value is -12.9. The molecule has 0 N–H and O–H groups in total.